The zero-order valence-electron chi connectivity index (χ0n) is 18.5. The lowest BCUT2D eigenvalue weighted by atomic mass is 9.87. The van der Waals surface area contributed by atoms with Crippen molar-refractivity contribution in [3.63, 3.8) is 0 Å². The first-order valence-electron chi connectivity index (χ1n) is 10.3. The fraction of sp³-hybridized carbons (Fsp3) is 0.500. The van der Waals surface area contributed by atoms with Crippen LogP contribution in [0.3, 0.4) is 0 Å². The van der Waals surface area contributed by atoms with E-state index in [1.807, 2.05) is 35.9 Å². The number of rotatable bonds is 9. The highest BCUT2D eigenvalue weighted by Crippen LogP contribution is 2.31. The van der Waals surface area contributed by atoms with Gasteiger partial charge in [0.05, 0.1) is 11.3 Å². The molecule has 2 rings (SSSR count). The van der Waals surface area contributed by atoms with Crippen molar-refractivity contribution in [2.24, 2.45) is 5.41 Å². The molecular formula is C24H32F4N2. The number of benzene rings is 2. The van der Waals surface area contributed by atoms with E-state index in [0.717, 1.165) is 30.5 Å². The standard InChI is InChI=1S/C24H32F4N2/c1-6-13-23(3,4)17-30(22-12-7-18(2)16-21(22)25)15-14-29(5)20-10-8-19(9-11-20)24(26,27)28/h7-12,16H,6,13-15,17H2,1-5H3. The first kappa shape index (κ1) is 24.0. The van der Waals surface area contributed by atoms with Crippen LogP contribution in [0.25, 0.3) is 0 Å². The van der Waals surface area contributed by atoms with Crippen molar-refractivity contribution in [1.29, 1.82) is 0 Å². The third-order valence-corrected chi connectivity index (χ3v) is 5.33. The molecule has 0 unspecified atom stereocenters. The third kappa shape index (κ3) is 6.64. The molecule has 0 N–H and O–H groups in total. The number of anilines is 2. The highest BCUT2D eigenvalue weighted by molar-refractivity contribution is 5.51. The van der Waals surface area contributed by atoms with Crippen LogP contribution in [0.5, 0.6) is 0 Å². The van der Waals surface area contributed by atoms with Crippen LogP contribution in [0.15, 0.2) is 42.5 Å². The van der Waals surface area contributed by atoms with Gasteiger partial charge in [-0.1, -0.05) is 33.3 Å². The molecule has 0 amide bonds. The molecule has 0 aromatic heterocycles. The molecule has 0 bridgehead atoms. The van der Waals surface area contributed by atoms with E-state index in [9.17, 15) is 17.6 Å². The average molecular weight is 425 g/mol. The van der Waals surface area contributed by atoms with E-state index >= 15 is 0 Å². The Hall–Kier alpha value is -2.24. The Labute approximate surface area is 177 Å². The van der Waals surface area contributed by atoms with E-state index in [-0.39, 0.29) is 11.2 Å². The Morgan fingerprint density at radius 2 is 1.57 bits per heavy atom. The zero-order chi connectivity index (χ0) is 22.5. The summed E-state index contributed by atoms with van der Waals surface area (Å²) in [5, 5.41) is 0. The zero-order valence-corrected chi connectivity index (χ0v) is 18.5. The largest absolute Gasteiger partial charge is 0.416 e. The average Bonchev–Trinajstić information content (AvgIpc) is 2.64. The molecule has 0 fully saturated rings. The molecule has 0 spiro atoms. The molecular weight excluding hydrogens is 392 g/mol. The predicted octanol–water partition coefficient (Wildman–Crippen LogP) is 6.92. The quantitative estimate of drug-likeness (QED) is 0.403. The van der Waals surface area contributed by atoms with Crippen molar-refractivity contribution in [2.75, 3.05) is 36.5 Å². The minimum atomic E-state index is -4.35. The number of halogens is 4. The first-order valence-corrected chi connectivity index (χ1v) is 10.3. The maximum atomic E-state index is 14.7. The van der Waals surface area contributed by atoms with E-state index in [0.29, 0.717) is 31.0 Å². The molecule has 0 aliphatic heterocycles. The molecule has 166 valence electrons. The van der Waals surface area contributed by atoms with Crippen molar-refractivity contribution in [3.8, 4) is 0 Å². The molecule has 0 atom stereocenters. The number of aryl methyl sites for hydroxylation is 1. The highest BCUT2D eigenvalue weighted by Gasteiger charge is 2.30. The third-order valence-electron chi connectivity index (χ3n) is 5.33. The second kappa shape index (κ2) is 9.71. The predicted molar refractivity (Wildman–Crippen MR) is 117 cm³/mol. The van der Waals surface area contributed by atoms with Crippen molar-refractivity contribution in [1.82, 2.24) is 0 Å². The maximum absolute atomic E-state index is 14.7. The van der Waals surface area contributed by atoms with Gasteiger partial charge in [0.15, 0.2) is 0 Å². The van der Waals surface area contributed by atoms with Gasteiger partial charge in [0.1, 0.15) is 5.82 Å². The van der Waals surface area contributed by atoms with E-state index in [1.165, 1.54) is 18.2 Å². The molecule has 0 heterocycles. The van der Waals surface area contributed by atoms with Gasteiger partial charge >= 0.3 is 6.18 Å². The van der Waals surface area contributed by atoms with Gasteiger partial charge < -0.3 is 9.80 Å². The minimum Gasteiger partial charge on any atom is -0.373 e. The van der Waals surface area contributed by atoms with Crippen LogP contribution in [0.4, 0.5) is 28.9 Å². The summed E-state index contributed by atoms with van der Waals surface area (Å²) in [6, 6.07) is 10.4. The lowest BCUT2D eigenvalue weighted by Gasteiger charge is -2.35. The molecule has 0 aliphatic rings. The van der Waals surface area contributed by atoms with Gasteiger partial charge in [0, 0.05) is 32.4 Å². The summed E-state index contributed by atoms with van der Waals surface area (Å²) in [7, 11) is 1.84. The van der Waals surface area contributed by atoms with E-state index in [2.05, 4.69) is 20.8 Å². The molecule has 2 aromatic carbocycles. The Bertz CT molecular complexity index is 813. The van der Waals surface area contributed by atoms with Gasteiger partial charge in [-0.05, 0) is 60.7 Å². The second-order valence-electron chi connectivity index (χ2n) is 8.76. The van der Waals surface area contributed by atoms with Crippen molar-refractivity contribution in [3.05, 3.63) is 59.4 Å². The SMILES string of the molecule is CCCC(C)(C)CN(CCN(C)c1ccc(C(F)(F)F)cc1)c1ccc(C)cc1F. The number of nitrogens with zero attached hydrogens (tertiary/aromatic N) is 2. The van der Waals surface area contributed by atoms with Crippen LogP contribution in [-0.2, 0) is 6.18 Å². The maximum Gasteiger partial charge on any atom is 0.416 e. The smallest absolute Gasteiger partial charge is 0.373 e. The molecule has 0 aliphatic carbocycles. The van der Waals surface area contributed by atoms with Crippen molar-refractivity contribution < 1.29 is 17.6 Å². The monoisotopic (exact) mass is 424 g/mol. The summed E-state index contributed by atoms with van der Waals surface area (Å²) < 4.78 is 53.1. The summed E-state index contributed by atoms with van der Waals surface area (Å²) in [6.07, 6.45) is -2.28. The number of likely N-dealkylation sites (N-methyl/N-ethyl adjacent to an activating group) is 1. The molecule has 6 heteroatoms. The molecule has 0 saturated carbocycles. The summed E-state index contributed by atoms with van der Waals surface area (Å²) in [4.78, 5) is 3.94. The van der Waals surface area contributed by atoms with Crippen LogP contribution >= 0.6 is 0 Å². The number of hydrogen-bond acceptors (Lipinski definition) is 2. The van der Waals surface area contributed by atoms with E-state index in [4.69, 9.17) is 0 Å². The lowest BCUT2D eigenvalue weighted by Crippen LogP contribution is -2.39. The van der Waals surface area contributed by atoms with E-state index < -0.39 is 11.7 Å². The first-order chi connectivity index (χ1) is 13.9. The Balaban J connectivity index is 2.17. The Kier molecular flexibility index (Phi) is 7.78. The van der Waals surface area contributed by atoms with Crippen LogP contribution < -0.4 is 9.80 Å². The number of hydrogen-bond donors (Lipinski definition) is 0. The summed E-state index contributed by atoms with van der Waals surface area (Å²) in [5.74, 6) is -0.250. The van der Waals surface area contributed by atoms with Crippen LogP contribution in [0, 0.1) is 18.2 Å². The normalized spacial score (nSPS) is 12.2. The summed E-state index contributed by atoms with van der Waals surface area (Å²) in [6.45, 7) is 10.2. The van der Waals surface area contributed by atoms with Gasteiger partial charge in [-0.2, -0.15) is 13.2 Å². The number of alkyl halides is 3. The van der Waals surface area contributed by atoms with Gasteiger partial charge in [-0.25, -0.2) is 4.39 Å². The fourth-order valence-electron chi connectivity index (χ4n) is 3.73. The summed E-state index contributed by atoms with van der Waals surface area (Å²) in [5.41, 5.74) is 1.47. The molecule has 30 heavy (non-hydrogen) atoms. The minimum absolute atomic E-state index is 0.0129. The fourth-order valence-corrected chi connectivity index (χ4v) is 3.73. The second-order valence-corrected chi connectivity index (χ2v) is 8.76. The Morgan fingerprint density at radius 3 is 2.10 bits per heavy atom. The van der Waals surface area contributed by atoms with Gasteiger partial charge in [0.25, 0.3) is 0 Å². The lowest BCUT2D eigenvalue weighted by molar-refractivity contribution is -0.137. The van der Waals surface area contributed by atoms with Crippen LogP contribution in [-0.4, -0.2) is 26.7 Å². The van der Waals surface area contributed by atoms with Crippen LogP contribution in [0.1, 0.15) is 44.7 Å². The Morgan fingerprint density at radius 1 is 0.933 bits per heavy atom. The van der Waals surface area contributed by atoms with Gasteiger partial charge in [-0.3, -0.25) is 0 Å². The van der Waals surface area contributed by atoms with Crippen molar-refractivity contribution >= 4 is 11.4 Å². The molecule has 2 aromatic rings. The van der Waals surface area contributed by atoms with Gasteiger partial charge in [0.2, 0.25) is 0 Å². The summed E-state index contributed by atoms with van der Waals surface area (Å²) >= 11 is 0. The van der Waals surface area contributed by atoms with Crippen molar-refractivity contribution in [2.45, 2.75) is 46.7 Å². The topological polar surface area (TPSA) is 6.48 Å². The molecule has 2 nitrogen and oxygen atoms in total. The van der Waals surface area contributed by atoms with Crippen LogP contribution in [0.2, 0.25) is 0 Å². The van der Waals surface area contributed by atoms with E-state index in [1.54, 1.807) is 0 Å². The highest BCUT2D eigenvalue weighted by atomic mass is 19.4. The molecule has 0 radical (unpaired) electrons. The molecule has 0 saturated heterocycles. The van der Waals surface area contributed by atoms with Gasteiger partial charge in [-0.15, -0.1) is 0 Å².